The number of rotatable bonds is 5. The summed E-state index contributed by atoms with van der Waals surface area (Å²) in [6.45, 7) is 0. The highest BCUT2D eigenvalue weighted by Gasteiger charge is 2.25. The van der Waals surface area contributed by atoms with Gasteiger partial charge in [-0.3, -0.25) is 9.52 Å². The zero-order valence-electron chi connectivity index (χ0n) is 15.7. The number of halogens is 3. The number of pyridine rings is 1. The van der Waals surface area contributed by atoms with Gasteiger partial charge in [0.1, 0.15) is 11.5 Å². The number of hydrogen-bond donors (Lipinski definition) is 3. The third-order valence-corrected chi connectivity index (χ3v) is 5.63. The van der Waals surface area contributed by atoms with Gasteiger partial charge in [-0.25, -0.2) is 18.9 Å². The molecule has 0 spiro atoms. The predicted molar refractivity (Wildman–Crippen MR) is 114 cm³/mol. The van der Waals surface area contributed by atoms with Crippen LogP contribution in [0.4, 0.5) is 14.5 Å². The molecule has 0 unspecified atom stereocenters. The van der Waals surface area contributed by atoms with Crippen LogP contribution in [0.25, 0.3) is 16.6 Å². The first-order chi connectivity index (χ1) is 14.6. The topological polar surface area (TPSA) is 118 Å². The normalized spacial score (nSPS) is 14.3. The van der Waals surface area contributed by atoms with Gasteiger partial charge in [-0.1, -0.05) is 17.7 Å². The summed E-state index contributed by atoms with van der Waals surface area (Å²) >= 11 is 5.99. The molecule has 3 aromatic rings. The van der Waals surface area contributed by atoms with Gasteiger partial charge in [-0.2, -0.15) is 8.42 Å². The van der Waals surface area contributed by atoms with E-state index >= 15 is 0 Å². The van der Waals surface area contributed by atoms with Gasteiger partial charge in [0.15, 0.2) is 5.82 Å². The highest BCUT2D eigenvalue weighted by molar-refractivity contribution is 7.90. The van der Waals surface area contributed by atoms with E-state index in [1.165, 1.54) is 6.20 Å². The maximum absolute atomic E-state index is 14.8. The smallest absolute Gasteiger partial charge is 0.296 e. The van der Waals surface area contributed by atoms with Crippen LogP contribution >= 0.6 is 11.6 Å². The van der Waals surface area contributed by atoms with Crippen LogP contribution in [0.15, 0.2) is 47.8 Å². The summed E-state index contributed by atoms with van der Waals surface area (Å²) in [5.74, 6) is -3.48. The molecule has 0 aliphatic heterocycles. The van der Waals surface area contributed by atoms with Crippen LogP contribution in [0.3, 0.4) is 0 Å². The number of ketones is 1. The Bertz CT molecular complexity index is 1400. The van der Waals surface area contributed by atoms with Crippen LogP contribution in [-0.4, -0.2) is 24.2 Å². The number of aromatic amines is 1. The van der Waals surface area contributed by atoms with Crippen molar-refractivity contribution in [2.24, 2.45) is 5.14 Å². The first-order valence-corrected chi connectivity index (χ1v) is 10.9. The maximum atomic E-state index is 14.8. The Morgan fingerprint density at radius 3 is 2.68 bits per heavy atom. The summed E-state index contributed by atoms with van der Waals surface area (Å²) in [5.41, 5.74) is 0.493. The number of carbonyl (C=O) groups is 1. The molecule has 0 atom stereocenters. The number of H-pyrrole nitrogens is 1. The SMILES string of the molecule is NS(=O)(=O)Nc1ccc(F)c(C(=O)c2c[nH]c3ncc(C4=CC=C(Cl)CC4)cc23)c1F. The molecule has 0 saturated heterocycles. The largest absolute Gasteiger partial charge is 0.345 e. The minimum atomic E-state index is -4.33. The van der Waals surface area contributed by atoms with Crippen molar-refractivity contribution in [1.82, 2.24) is 9.97 Å². The molecule has 7 nitrogen and oxygen atoms in total. The van der Waals surface area contributed by atoms with Crippen molar-refractivity contribution in [3.05, 3.63) is 76.1 Å². The van der Waals surface area contributed by atoms with Gasteiger partial charge >= 0.3 is 0 Å². The summed E-state index contributed by atoms with van der Waals surface area (Å²) in [6.07, 6.45) is 7.91. The molecule has 160 valence electrons. The molecule has 1 aromatic carbocycles. The van der Waals surface area contributed by atoms with Crippen molar-refractivity contribution in [2.75, 3.05) is 4.72 Å². The summed E-state index contributed by atoms with van der Waals surface area (Å²) in [4.78, 5) is 20.1. The Kier molecular flexibility index (Phi) is 5.38. The van der Waals surface area contributed by atoms with Crippen molar-refractivity contribution < 1.29 is 22.0 Å². The molecule has 0 radical (unpaired) electrons. The van der Waals surface area contributed by atoms with E-state index in [0.29, 0.717) is 23.9 Å². The summed E-state index contributed by atoms with van der Waals surface area (Å²) in [5, 5.41) is 5.95. The quantitative estimate of drug-likeness (QED) is 0.495. The lowest BCUT2D eigenvalue weighted by Gasteiger charge is -2.12. The number of benzene rings is 1. The molecular weight excluding hydrogens is 450 g/mol. The number of aromatic nitrogens is 2. The third kappa shape index (κ3) is 4.22. The first-order valence-electron chi connectivity index (χ1n) is 9.00. The molecule has 2 aromatic heterocycles. The minimum absolute atomic E-state index is 0.0140. The summed E-state index contributed by atoms with van der Waals surface area (Å²) in [7, 11) is -4.33. The lowest BCUT2D eigenvalue weighted by atomic mass is 9.96. The van der Waals surface area contributed by atoms with Crippen LogP contribution in [0.1, 0.15) is 34.3 Å². The maximum Gasteiger partial charge on any atom is 0.296 e. The van der Waals surface area contributed by atoms with Crippen molar-refractivity contribution >= 4 is 49.9 Å². The molecule has 11 heteroatoms. The van der Waals surface area contributed by atoms with Gasteiger partial charge in [-0.15, -0.1) is 0 Å². The fourth-order valence-corrected chi connectivity index (χ4v) is 3.97. The lowest BCUT2D eigenvalue weighted by molar-refractivity contribution is 0.103. The number of hydrogen-bond acceptors (Lipinski definition) is 4. The van der Waals surface area contributed by atoms with Crippen LogP contribution in [0.5, 0.6) is 0 Å². The van der Waals surface area contributed by atoms with Gasteiger partial charge in [0.2, 0.25) is 5.78 Å². The van der Waals surface area contributed by atoms with Crippen molar-refractivity contribution in [2.45, 2.75) is 12.8 Å². The summed E-state index contributed by atoms with van der Waals surface area (Å²) in [6, 6.07) is 3.33. The second kappa shape index (κ2) is 7.88. The average Bonchev–Trinajstić information content (AvgIpc) is 3.13. The van der Waals surface area contributed by atoms with Crippen LogP contribution < -0.4 is 9.86 Å². The van der Waals surface area contributed by atoms with E-state index < -0.39 is 38.9 Å². The molecular formula is C20H15ClF2N4O3S. The second-order valence-electron chi connectivity index (χ2n) is 6.89. The Balaban J connectivity index is 1.80. The van der Waals surface area contributed by atoms with Crippen molar-refractivity contribution in [3.63, 3.8) is 0 Å². The van der Waals surface area contributed by atoms with E-state index in [-0.39, 0.29) is 5.56 Å². The predicted octanol–water partition coefficient (Wildman–Crippen LogP) is 3.99. The number of nitrogens with one attached hydrogen (secondary N) is 2. The highest BCUT2D eigenvalue weighted by Crippen LogP contribution is 2.31. The number of fused-ring (bicyclic) bond motifs is 1. The number of nitrogens with zero attached hydrogens (tertiary/aromatic N) is 1. The van der Waals surface area contributed by atoms with E-state index in [4.69, 9.17) is 16.7 Å². The second-order valence-corrected chi connectivity index (χ2v) is 8.67. The molecule has 0 saturated carbocycles. The Labute approximate surface area is 180 Å². The van der Waals surface area contributed by atoms with Gasteiger partial charge in [0, 0.05) is 28.4 Å². The number of nitrogens with two attached hydrogens (primary N) is 1. The van der Waals surface area contributed by atoms with Gasteiger partial charge in [0.05, 0.1) is 11.3 Å². The molecule has 0 bridgehead atoms. The van der Waals surface area contributed by atoms with Crippen LogP contribution in [-0.2, 0) is 10.2 Å². The molecule has 1 aliphatic carbocycles. The molecule has 0 fully saturated rings. The molecule has 4 rings (SSSR count). The zero-order valence-corrected chi connectivity index (χ0v) is 17.3. The standard InChI is InChI=1S/C20H15ClF2N4O3S/c21-12-3-1-10(2-4-12)11-7-13-14(9-26-20(13)25-8-11)19(28)17-15(22)5-6-16(18(17)23)27-31(24,29)30/h1,3,5-9,27H,2,4H2,(H,25,26)(H2,24,29,30). The fraction of sp³-hybridized carbons (Fsp3) is 0.100. The van der Waals surface area contributed by atoms with Crippen LogP contribution in [0.2, 0.25) is 0 Å². The van der Waals surface area contributed by atoms with E-state index in [2.05, 4.69) is 9.97 Å². The van der Waals surface area contributed by atoms with E-state index in [0.717, 1.165) is 28.3 Å². The monoisotopic (exact) mass is 464 g/mol. The highest BCUT2D eigenvalue weighted by atomic mass is 35.5. The Morgan fingerprint density at radius 1 is 1.23 bits per heavy atom. The van der Waals surface area contributed by atoms with Crippen molar-refractivity contribution in [3.8, 4) is 0 Å². The summed E-state index contributed by atoms with van der Waals surface area (Å²) < 4.78 is 53.4. The Hall–Kier alpha value is -3.08. The lowest BCUT2D eigenvalue weighted by Crippen LogP contribution is -2.23. The van der Waals surface area contributed by atoms with Gasteiger partial charge in [0.25, 0.3) is 10.2 Å². The van der Waals surface area contributed by atoms with E-state index in [1.54, 1.807) is 23.1 Å². The van der Waals surface area contributed by atoms with E-state index in [1.807, 2.05) is 6.08 Å². The number of carbonyl (C=O) groups excluding carboxylic acids is 1. The fourth-order valence-electron chi connectivity index (χ4n) is 3.35. The van der Waals surface area contributed by atoms with Gasteiger partial charge in [-0.05, 0) is 48.3 Å². The number of anilines is 1. The minimum Gasteiger partial charge on any atom is -0.345 e. The average molecular weight is 465 g/mol. The molecule has 1 aliphatic rings. The number of allylic oxidation sites excluding steroid dienone is 4. The van der Waals surface area contributed by atoms with Crippen LogP contribution in [0, 0.1) is 11.6 Å². The first kappa shape index (κ1) is 21.2. The Morgan fingerprint density at radius 2 is 2.00 bits per heavy atom. The molecule has 31 heavy (non-hydrogen) atoms. The van der Waals surface area contributed by atoms with E-state index in [9.17, 15) is 22.0 Å². The molecule has 2 heterocycles. The zero-order chi connectivity index (χ0) is 22.3. The molecule has 0 amide bonds. The third-order valence-electron chi connectivity index (χ3n) is 4.82. The molecule has 4 N–H and O–H groups in total. The van der Waals surface area contributed by atoms with Gasteiger partial charge < -0.3 is 4.98 Å². The van der Waals surface area contributed by atoms with Crippen molar-refractivity contribution in [1.29, 1.82) is 0 Å².